The summed E-state index contributed by atoms with van der Waals surface area (Å²) in [6, 6.07) is 3.77. The summed E-state index contributed by atoms with van der Waals surface area (Å²) < 4.78 is 0. The lowest BCUT2D eigenvalue weighted by Crippen LogP contribution is -2.39. The molecule has 1 aromatic rings. The molecule has 1 aliphatic rings. The molecule has 1 aromatic heterocycles. The van der Waals surface area contributed by atoms with E-state index in [4.69, 9.17) is 23.2 Å². The van der Waals surface area contributed by atoms with Crippen molar-refractivity contribution < 1.29 is 0 Å². The highest BCUT2D eigenvalue weighted by Gasteiger charge is 2.22. The number of halogens is 2. The van der Waals surface area contributed by atoms with Crippen molar-refractivity contribution in [1.82, 2.24) is 9.88 Å². The fraction of sp³-hybridized carbons (Fsp3) is 0.583. The van der Waals surface area contributed by atoms with Crippen molar-refractivity contribution in [1.29, 1.82) is 0 Å². The Morgan fingerprint density at radius 1 is 1.29 bits per heavy atom. The molecule has 0 amide bonds. The third-order valence-corrected chi connectivity index (χ3v) is 4.55. The topological polar surface area (TPSA) is 16.1 Å². The van der Waals surface area contributed by atoms with Gasteiger partial charge in [0.1, 0.15) is 10.3 Å². The molecule has 0 spiro atoms. The van der Waals surface area contributed by atoms with E-state index in [1.165, 1.54) is 0 Å². The van der Waals surface area contributed by atoms with E-state index >= 15 is 0 Å². The first-order valence-electron chi connectivity index (χ1n) is 5.73. The smallest absolute Gasteiger partial charge is 0.135 e. The van der Waals surface area contributed by atoms with E-state index < -0.39 is 0 Å². The van der Waals surface area contributed by atoms with Gasteiger partial charge in [-0.15, -0.1) is 0 Å². The molecule has 5 heteroatoms. The molecule has 0 radical (unpaired) electrons. The molecule has 0 N–H and O–H groups in total. The van der Waals surface area contributed by atoms with Crippen LogP contribution >= 0.6 is 35.0 Å². The normalized spacial score (nSPS) is 26.1. The molecule has 1 saturated heterocycles. The monoisotopic (exact) mass is 290 g/mol. The van der Waals surface area contributed by atoms with Crippen LogP contribution in [-0.2, 0) is 6.54 Å². The van der Waals surface area contributed by atoms with Gasteiger partial charge in [0.15, 0.2) is 0 Å². The summed E-state index contributed by atoms with van der Waals surface area (Å²) in [6.45, 7) is 7.62. The van der Waals surface area contributed by atoms with E-state index in [0.29, 0.717) is 20.8 Å². The first-order valence-corrected chi connectivity index (χ1v) is 7.43. The van der Waals surface area contributed by atoms with Gasteiger partial charge in [-0.05, 0) is 6.07 Å². The van der Waals surface area contributed by atoms with Gasteiger partial charge in [-0.25, -0.2) is 4.98 Å². The fourth-order valence-corrected chi connectivity index (χ4v) is 4.00. The van der Waals surface area contributed by atoms with Gasteiger partial charge >= 0.3 is 0 Å². The number of hydrogen-bond acceptors (Lipinski definition) is 3. The lowest BCUT2D eigenvalue weighted by Gasteiger charge is -2.34. The highest BCUT2D eigenvalue weighted by Crippen LogP contribution is 2.27. The van der Waals surface area contributed by atoms with Crippen LogP contribution in [0.25, 0.3) is 0 Å². The van der Waals surface area contributed by atoms with E-state index in [1.54, 1.807) is 6.07 Å². The average molecular weight is 291 g/mol. The molecule has 2 nitrogen and oxygen atoms in total. The zero-order chi connectivity index (χ0) is 12.4. The van der Waals surface area contributed by atoms with Crippen LogP contribution in [0.3, 0.4) is 0 Å². The lowest BCUT2D eigenvalue weighted by molar-refractivity contribution is 0.262. The van der Waals surface area contributed by atoms with Crippen molar-refractivity contribution in [3.8, 4) is 0 Å². The zero-order valence-corrected chi connectivity index (χ0v) is 12.3. The molecule has 2 atom stereocenters. The quantitative estimate of drug-likeness (QED) is 0.773. The molecule has 2 heterocycles. The Balaban J connectivity index is 2.04. The first-order chi connectivity index (χ1) is 8.04. The van der Waals surface area contributed by atoms with Crippen LogP contribution in [-0.4, -0.2) is 33.5 Å². The number of aromatic nitrogens is 1. The second-order valence-electron chi connectivity index (χ2n) is 4.54. The van der Waals surface area contributed by atoms with Crippen molar-refractivity contribution >= 4 is 35.0 Å². The Morgan fingerprint density at radius 2 is 1.94 bits per heavy atom. The van der Waals surface area contributed by atoms with Crippen LogP contribution in [0.4, 0.5) is 0 Å². The van der Waals surface area contributed by atoms with Crippen molar-refractivity contribution in [2.24, 2.45) is 0 Å². The van der Waals surface area contributed by atoms with Gasteiger partial charge in [0.25, 0.3) is 0 Å². The van der Waals surface area contributed by atoms with Crippen LogP contribution in [0.1, 0.15) is 19.4 Å². The van der Waals surface area contributed by atoms with Gasteiger partial charge in [-0.1, -0.05) is 43.1 Å². The van der Waals surface area contributed by atoms with Crippen LogP contribution in [0, 0.1) is 0 Å². The van der Waals surface area contributed by atoms with Gasteiger partial charge in [-0.3, -0.25) is 4.90 Å². The highest BCUT2D eigenvalue weighted by molar-refractivity contribution is 8.00. The Labute approximate surface area is 117 Å². The second kappa shape index (κ2) is 5.79. The number of nitrogens with zero attached hydrogens (tertiary/aromatic N) is 2. The molecule has 0 aromatic carbocycles. The predicted octanol–water partition coefficient (Wildman–Crippen LogP) is 3.71. The van der Waals surface area contributed by atoms with E-state index in [9.17, 15) is 0 Å². The van der Waals surface area contributed by atoms with Crippen molar-refractivity contribution in [3.63, 3.8) is 0 Å². The minimum atomic E-state index is 0.453. The van der Waals surface area contributed by atoms with Crippen LogP contribution in [0.2, 0.25) is 10.3 Å². The highest BCUT2D eigenvalue weighted by atomic mass is 35.5. The third kappa shape index (κ3) is 3.75. The molecular weight excluding hydrogens is 275 g/mol. The van der Waals surface area contributed by atoms with E-state index in [-0.39, 0.29) is 0 Å². The number of hydrogen-bond donors (Lipinski definition) is 0. The van der Waals surface area contributed by atoms with Crippen molar-refractivity contribution in [2.75, 3.05) is 13.1 Å². The van der Waals surface area contributed by atoms with Gasteiger partial charge in [0, 0.05) is 35.7 Å². The summed E-state index contributed by atoms with van der Waals surface area (Å²) in [6.07, 6.45) is 0. The minimum Gasteiger partial charge on any atom is -0.297 e. The average Bonchev–Trinajstić information content (AvgIpc) is 2.21. The SMILES string of the molecule is CC1CN(Cc2ccc(Cl)nc2Cl)CC(C)S1. The van der Waals surface area contributed by atoms with Crippen LogP contribution in [0.5, 0.6) is 0 Å². The van der Waals surface area contributed by atoms with Gasteiger partial charge in [0.2, 0.25) is 0 Å². The molecule has 1 fully saturated rings. The summed E-state index contributed by atoms with van der Waals surface area (Å²) in [4.78, 5) is 6.51. The predicted molar refractivity (Wildman–Crippen MR) is 76.0 cm³/mol. The van der Waals surface area contributed by atoms with E-state index in [0.717, 1.165) is 25.2 Å². The van der Waals surface area contributed by atoms with Crippen LogP contribution in [0.15, 0.2) is 12.1 Å². The molecular formula is C12H16Cl2N2S. The summed E-state index contributed by atoms with van der Waals surface area (Å²) in [5.74, 6) is 0. The van der Waals surface area contributed by atoms with Gasteiger partial charge in [0.05, 0.1) is 0 Å². The number of pyridine rings is 1. The number of rotatable bonds is 2. The minimum absolute atomic E-state index is 0.453. The van der Waals surface area contributed by atoms with Gasteiger partial charge in [-0.2, -0.15) is 11.8 Å². The molecule has 0 aliphatic carbocycles. The summed E-state index contributed by atoms with van der Waals surface area (Å²) in [5.41, 5.74) is 1.06. The zero-order valence-electron chi connectivity index (χ0n) is 9.99. The summed E-state index contributed by atoms with van der Waals surface area (Å²) >= 11 is 13.9. The Kier molecular flexibility index (Phi) is 4.59. The fourth-order valence-electron chi connectivity index (χ4n) is 2.21. The maximum Gasteiger partial charge on any atom is 0.135 e. The van der Waals surface area contributed by atoms with Crippen molar-refractivity contribution in [3.05, 3.63) is 28.0 Å². The summed E-state index contributed by atoms with van der Waals surface area (Å²) in [7, 11) is 0. The standard InChI is InChI=1S/C12H16Cl2N2S/c1-8-5-16(6-9(2)17-8)7-10-3-4-11(13)15-12(10)14/h3-4,8-9H,5-7H2,1-2H3. The van der Waals surface area contributed by atoms with Crippen LogP contribution < -0.4 is 0 Å². The second-order valence-corrected chi connectivity index (χ2v) is 7.16. The van der Waals surface area contributed by atoms with E-state index in [1.807, 2.05) is 6.07 Å². The molecule has 2 unspecified atom stereocenters. The molecule has 1 aliphatic heterocycles. The van der Waals surface area contributed by atoms with Gasteiger partial charge < -0.3 is 0 Å². The maximum atomic E-state index is 6.09. The number of thioether (sulfide) groups is 1. The lowest BCUT2D eigenvalue weighted by atomic mass is 10.2. The largest absolute Gasteiger partial charge is 0.297 e. The molecule has 94 valence electrons. The molecule has 0 bridgehead atoms. The molecule has 0 saturated carbocycles. The molecule has 2 rings (SSSR count). The first kappa shape index (κ1) is 13.5. The molecule has 17 heavy (non-hydrogen) atoms. The van der Waals surface area contributed by atoms with Crippen molar-refractivity contribution in [2.45, 2.75) is 30.9 Å². The Hall–Kier alpha value is 0.0400. The Bertz CT molecular complexity index is 390. The maximum absolute atomic E-state index is 6.09. The summed E-state index contributed by atoms with van der Waals surface area (Å²) in [5, 5.41) is 2.33. The van der Waals surface area contributed by atoms with E-state index in [2.05, 4.69) is 35.5 Å². The third-order valence-electron chi connectivity index (χ3n) is 2.78. The Morgan fingerprint density at radius 3 is 2.53 bits per heavy atom.